The molecule has 0 bridgehead atoms. The monoisotopic (exact) mass is 188 g/mol. The highest BCUT2D eigenvalue weighted by molar-refractivity contribution is 5.28. The molecule has 2 rings (SSSR count). The predicted molar refractivity (Wildman–Crippen MR) is 40.1 cm³/mol. The molecule has 1 nitrogen and oxygen atoms in total. The third-order valence-corrected chi connectivity index (χ3v) is 2.13. The van der Waals surface area contributed by atoms with Crippen molar-refractivity contribution in [1.82, 2.24) is 0 Å². The summed E-state index contributed by atoms with van der Waals surface area (Å²) in [6.45, 7) is -0.263. The molecule has 1 heterocycles. The molecule has 1 saturated heterocycles. The van der Waals surface area contributed by atoms with Crippen LogP contribution in [0.2, 0.25) is 0 Å². The minimum atomic E-state index is -4.31. The van der Waals surface area contributed by atoms with Gasteiger partial charge >= 0.3 is 6.18 Å². The van der Waals surface area contributed by atoms with Crippen molar-refractivity contribution in [3.63, 3.8) is 0 Å². The fourth-order valence-corrected chi connectivity index (χ4v) is 1.27. The molecule has 0 aromatic heterocycles. The Hall–Kier alpha value is -1.03. The predicted octanol–water partition coefficient (Wildman–Crippen LogP) is 2.47. The first-order chi connectivity index (χ1) is 6.06. The number of halogens is 3. The Morgan fingerprint density at radius 2 is 1.69 bits per heavy atom. The lowest BCUT2D eigenvalue weighted by molar-refractivity contribution is -0.187. The van der Waals surface area contributed by atoms with Gasteiger partial charge in [-0.15, -0.1) is 0 Å². The molecule has 0 spiro atoms. The van der Waals surface area contributed by atoms with Gasteiger partial charge in [-0.3, -0.25) is 0 Å². The van der Waals surface area contributed by atoms with Crippen LogP contribution in [-0.2, 0) is 10.3 Å². The van der Waals surface area contributed by atoms with Gasteiger partial charge in [0.05, 0.1) is 6.61 Å². The first-order valence-electron chi connectivity index (χ1n) is 3.82. The van der Waals surface area contributed by atoms with Crippen LogP contribution >= 0.6 is 0 Å². The maximum absolute atomic E-state index is 12.5. The Labute approximate surface area is 73.1 Å². The molecular formula is C9H7F3O. The summed E-state index contributed by atoms with van der Waals surface area (Å²) in [5, 5.41) is 0. The smallest absolute Gasteiger partial charge is 0.355 e. The molecule has 0 radical (unpaired) electrons. The van der Waals surface area contributed by atoms with Gasteiger partial charge < -0.3 is 4.74 Å². The lowest BCUT2D eigenvalue weighted by atomic mass is 10.00. The number of benzene rings is 1. The Kier molecular flexibility index (Phi) is 1.63. The molecule has 1 atom stereocenters. The number of rotatable bonds is 1. The number of epoxide rings is 1. The molecule has 1 aromatic carbocycles. The van der Waals surface area contributed by atoms with Crippen molar-refractivity contribution >= 4 is 0 Å². The Morgan fingerprint density at radius 1 is 1.15 bits per heavy atom. The molecule has 0 aliphatic carbocycles. The Balaban J connectivity index is 2.37. The molecule has 0 saturated carbocycles. The van der Waals surface area contributed by atoms with Crippen molar-refractivity contribution in [3.8, 4) is 0 Å². The molecule has 13 heavy (non-hydrogen) atoms. The van der Waals surface area contributed by atoms with E-state index < -0.39 is 11.8 Å². The van der Waals surface area contributed by atoms with E-state index in [1.807, 2.05) is 0 Å². The topological polar surface area (TPSA) is 12.5 Å². The van der Waals surface area contributed by atoms with E-state index in [4.69, 9.17) is 0 Å². The summed E-state index contributed by atoms with van der Waals surface area (Å²) in [5.41, 5.74) is -1.84. The third kappa shape index (κ3) is 1.21. The molecule has 0 N–H and O–H groups in total. The maximum Gasteiger partial charge on any atom is 0.424 e. The maximum atomic E-state index is 12.5. The van der Waals surface area contributed by atoms with E-state index in [1.165, 1.54) is 12.1 Å². The van der Waals surface area contributed by atoms with E-state index in [0.717, 1.165) is 0 Å². The van der Waals surface area contributed by atoms with E-state index in [9.17, 15) is 13.2 Å². The van der Waals surface area contributed by atoms with E-state index in [-0.39, 0.29) is 12.2 Å². The van der Waals surface area contributed by atoms with Crippen molar-refractivity contribution in [1.29, 1.82) is 0 Å². The standard InChI is InChI=1S/C9H7F3O/c10-9(11,12)8(6-13-8)7-4-2-1-3-5-7/h1-5H,6H2. The zero-order valence-electron chi connectivity index (χ0n) is 6.64. The first-order valence-corrected chi connectivity index (χ1v) is 3.82. The number of ether oxygens (including phenoxy) is 1. The summed E-state index contributed by atoms with van der Waals surface area (Å²) >= 11 is 0. The summed E-state index contributed by atoms with van der Waals surface area (Å²) in [6.07, 6.45) is -4.31. The van der Waals surface area contributed by atoms with Crippen LogP contribution in [0.3, 0.4) is 0 Å². The van der Waals surface area contributed by atoms with Crippen molar-refractivity contribution in [2.24, 2.45) is 0 Å². The minimum absolute atomic E-state index is 0.183. The second-order valence-corrected chi connectivity index (χ2v) is 2.98. The van der Waals surface area contributed by atoms with Gasteiger partial charge in [-0.05, 0) is 5.56 Å². The fourth-order valence-electron chi connectivity index (χ4n) is 1.27. The van der Waals surface area contributed by atoms with E-state index in [1.54, 1.807) is 18.2 Å². The molecule has 1 aliphatic heterocycles. The number of alkyl halides is 3. The van der Waals surface area contributed by atoms with E-state index >= 15 is 0 Å². The van der Waals surface area contributed by atoms with Crippen LogP contribution in [0.15, 0.2) is 30.3 Å². The molecular weight excluding hydrogens is 181 g/mol. The summed E-state index contributed by atoms with van der Waals surface area (Å²) < 4.78 is 41.9. The van der Waals surface area contributed by atoms with Gasteiger partial charge in [0.1, 0.15) is 0 Å². The minimum Gasteiger partial charge on any atom is -0.355 e. The van der Waals surface area contributed by atoms with Gasteiger partial charge in [0, 0.05) is 0 Å². The van der Waals surface area contributed by atoms with Crippen LogP contribution in [0.1, 0.15) is 5.56 Å². The highest BCUT2D eigenvalue weighted by Gasteiger charge is 2.66. The van der Waals surface area contributed by atoms with Crippen LogP contribution in [0.25, 0.3) is 0 Å². The van der Waals surface area contributed by atoms with Crippen molar-refractivity contribution in [2.75, 3.05) is 6.61 Å². The average molecular weight is 188 g/mol. The zero-order chi connectivity index (χ0) is 9.53. The second-order valence-electron chi connectivity index (χ2n) is 2.98. The summed E-state index contributed by atoms with van der Waals surface area (Å²) in [4.78, 5) is 0. The van der Waals surface area contributed by atoms with Crippen LogP contribution in [-0.4, -0.2) is 12.8 Å². The Bertz CT molecular complexity index is 300. The SMILES string of the molecule is FC(F)(F)C1(c2ccccc2)CO1. The molecule has 1 unspecified atom stereocenters. The molecule has 4 heteroatoms. The first kappa shape index (κ1) is 8.56. The normalized spacial score (nSPS) is 27.3. The second kappa shape index (κ2) is 2.48. The Morgan fingerprint density at radius 3 is 2.08 bits per heavy atom. The quantitative estimate of drug-likeness (QED) is 0.617. The van der Waals surface area contributed by atoms with Gasteiger partial charge in [-0.1, -0.05) is 30.3 Å². The van der Waals surface area contributed by atoms with Gasteiger partial charge in [0.15, 0.2) is 0 Å². The van der Waals surface area contributed by atoms with Gasteiger partial charge in [-0.2, -0.15) is 13.2 Å². The molecule has 1 fully saturated rings. The van der Waals surface area contributed by atoms with Crippen molar-refractivity contribution in [3.05, 3.63) is 35.9 Å². The van der Waals surface area contributed by atoms with Crippen molar-refractivity contribution in [2.45, 2.75) is 11.8 Å². The van der Waals surface area contributed by atoms with Crippen LogP contribution in [0.5, 0.6) is 0 Å². The lowest BCUT2D eigenvalue weighted by Crippen LogP contribution is -2.30. The molecule has 1 aliphatic rings. The van der Waals surface area contributed by atoms with Gasteiger partial charge in [0.25, 0.3) is 0 Å². The average Bonchev–Trinajstić information content (AvgIpc) is 2.84. The molecule has 1 aromatic rings. The third-order valence-electron chi connectivity index (χ3n) is 2.13. The van der Waals surface area contributed by atoms with Crippen molar-refractivity contribution < 1.29 is 17.9 Å². The molecule has 70 valence electrons. The summed E-state index contributed by atoms with van der Waals surface area (Å²) in [5.74, 6) is 0. The number of hydrogen-bond donors (Lipinski definition) is 0. The summed E-state index contributed by atoms with van der Waals surface area (Å²) in [7, 11) is 0. The van der Waals surface area contributed by atoms with Crippen LogP contribution in [0, 0.1) is 0 Å². The van der Waals surface area contributed by atoms with Crippen LogP contribution < -0.4 is 0 Å². The largest absolute Gasteiger partial charge is 0.424 e. The van der Waals surface area contributed by atoms with E-state index in [2.05, 4.69) is 4.74 Å². The zero-order valence-corrected chi connectivity index (χ0v) is 6.64. The number of hydrogen-bond acceptors (Lipinski definition) is 1. The highest BCUT2D eigenvalue weighted by atomic mass is 19.4. The lowest BCUT2D eigenvalue weighted by Gasteiger charge is -2.15. The van der Waals surface area contributed by atoms with E-state index in [0.29, 0.717) is 0 Å². The van der Waals surface area contributed by atoms with Crippen LogP contribution in [0.4, 0.5) is 13.2 Å². The fraction of sp³-hybridized carbons (Fsp3) is 0.333. The van der Waals surface area contributed by atoms with Gasteiger partial charge in [-0.25, -0.2) is 0 Å². The van der Waals surface area contributed by atoms with Gasteiger partial charge in [0.2, 0.25) is 5.60 Å². The summed E-state index contributed by atoms with van der Waals surface area (Å²) in [6, 6.07) is 7.69. The molecule has 0 amide bonds. The highest BCUT2D eigenvalue weighted by Crippen LogP contribution is 2.51.